The molecule has 1 heterocycles. The van der Waals surface area contributed by atoms with Gasteiger partial charge < -0.3 is 10.2 Å². The molecule has 1 aliphatic heterocycles. The van der Waals surface area contributed by atoms with Crippen LogP contribution in [-0.2, 0) is 4.79 Å². The van der Waals surface area contributed by atoms with Crippen molar-refractivity contribution in [3.05, 3.63) is 0 Å². The molecule has 18 heavy (non-hydrogen) atoms. The average Bonchev–Trinajstić information content (AvgIpc) is 2.39. The Balaban J connectivity index is 1.92. The van der Waals surface area contributed by atoms with E-state index in [1.807, 2.05) is 14.1 Å². The van der Waals surface area contributed by atoms with Crippen LogP contribution >= 0.6 is 0 Å². The molecular formula is C14H27N3O. The van der Waals surface area contributed by atoms with Crippen molar-refractivity contribution in [2.75, 3.05) is 40.3 Å². The number of carbonyl (C=O) groups excluding carboxylic acids is 1. The molecule has 0 aromatic heterocycles. The van der Waals surface area contributed by atoms with Crippen molar-refractivity contribution in [3.63, 3.8) is 0 Å². The molecule has 1 N–H and O–H groups in total. The molecule has 1 amide bonds. The van der Waals surface area contributed by atoms with E-state index in [-0.39, 0.29) is 11.9 Å². The molecule has 4 heteroatoms. The van der Waals surface area contributed by atoms with Crippen LogP contribution in [-0.4, -0.2) is 62.0 Å². The third-order valence-electron chi connectivity index (χ3n) is 4.30. The molecule has 0 radical (unpaired) electrons. The summed E-state index contributed by atoms with van der Waals surface area (Å²) in [5.74, 6) is 1.06. The third-order valence-corrected chi connectivity index (χ3v) is 4.30. The van der Waals surface area contributed by atoms with E-state index in [1.165, 1.54) is 32.1 Å². The predicted octanol–water partition coefficient (Wildman–Crippen LogP) is 0.929. The Bertz CT molecular complexity index is 274. The van der Waals surface area contributed by atoms with Gasteiger partial charge in [0.05, 0.1) is 0 Å². The van der Waals surface area contributed by atoms with Gasteiger partial charge in [0, 0.05) is 40.3 Å². The summed E-state index contributed by atoms with van der Waals surface area (Å²) in [5.41, 5.74) is 0. The van der Waals surface area contributed by atoms with Crippen LogP contribution in [0, 0.1) is 5.92 Å². The summed E-state index contributed by atoms with van der Waals surface area (Å²) in [6, 6.07) is 0.0516. The molecule has 104 valence electrons. The van der Waals surface area contributed by atoms with E-state index < -0.39 is 0 Å². The number of carbonyl (C=O) groups is 1. The van der Waals surface area contributed by atoms with E-state index in [2.05, 4.69) is 10.2 Å². The molecule has 2 rings (SSSR count). The molecule has 1 atom stereocenters. The van der Waals surface area contributed by atoms with Crippen LogP contribution in [0.3, 0.4) is 0 Å². The van der Waals surface area contributed by atoms with Crippen LogP contribution < -0.4 is 5.32 Å². The van der Waals surface area contributed by atoms with Crippen LogP contribution in [0.2, 0.25) is 0 Å². The highest BCUT2D eigenvalue weighted by molar-refractivity contribution is 5.81. The van der Waals surface area contributed by atoms with Crippen LogP contribution in [0.1, 0.15) is 32.1 Å². The normalized spacial score (nSPS) is 27.1. The Morgan fingerprint density at radius 1 is 1.28 bits per heavy atom. The van der Waals surface area contributed by atoms with Gasteiger partial charge >= 0.3 is 0 Å². The van der Waals surface area contributed by atoms with Gasteiger partial charge in [-0.3, -0.25) is 9.69 Å². The summed E-state index contributed by atoms with van der Waals surface area (Å²) in [6.45, 7) is 3.96. The summed E-state index contributed by atoms with van der Waals surface area (Å²) in [4.78, 5) is 16.3. The lowest BCUT2D eigenvalue weighted by Crippen LogP contribution is -2.58. The largest absolute Gasteiger partial charge is 0.347 e. The number of piperazine rings is 1. The maximum atomic E-state index is 12.2. The average molecular weight is 253 g/mol. The molecule has 1 saturated carbocycles. The van der Waals surface area contributed by atoms with E-state index in [1.54, 1.807) is 4.90 Å². The van der Waals surface area contributed by atoms with Crippen molar-refractivity contribution in [1.82, 2.24) is 15.1 Å². The van der Waals surface area contributed by atoms with E-state index in [0.717, 1.165) is 32.1 Å². The molecule has 1 aliphatic carbocycles. The van der Waals surface area contributed by atoms with Crippen molar-refractivity contribution in [3.8, 4) is 0 Å². The highest BCUT2D eigenvalue weighted by Gasteiger charge is 2.31. The van der Waals surface area contributed by atoms with Gasteiger partial charge in [0.1, 0.15) is 6.04 Å². The van der Waals surface area contributed by atoms with E-state index in [4.69, 9.17) is 0 Å². The first kappa shape index (κ1) is 13.8. The first-order valence-corrected chi connectivity index (χ1v) is 7.34. The van der Waals surface area contributed by atoms with E-state index >= 15 is 0 Å². The fraction of sp³-hybridized carbons (Fsp3) is 0.929. The minimum atomic E-state index is 0.0516. The molecule has 1 unspecified atom stereocenters. The monoisotopic (exact) mass is 253 g/mol. The Kier molecular flexibility index (Phi) is 5.01. The maximum Gasteiger partial charge on any atom is 0.240 e. The van der Waals surface area contributed by atoms with Crippen LogP contribution in [0.15, 0.2) is 0 Å². The van der Waals surface area contributed by atoms with Crippen LogP contribution in [0.4, 0.5) is 0 Å². The second kappa shape index (κ2) is 6.53. The number of hydrogen-bond acceptors (Lipinski definition) is 3. The molecule has 0 aromatic carbocycles. The van der Waals surface area contributed by atoms with Crippen LogP contribution in [0.25, 0.3) is 0 Å². The maximum absolute atomic E-state index is 12.2. The van der Waals surface area contributed by atoms with Gasteiger partial charge in [-0.25, -0.2) is 0 Å². The first-order chi connectivity index (χ1) is 8.68. The lowest BCUT2D eigenvalue weighted by atomic mass is 9.88. The zero-order chi connectivity index (χ0) is 13.0. The van der Waals surface area contributed by atoms with Gasteiger partial charge in [0.2, 0.25) is 5.91 Å². The standard InChI is InChI=1S/C14H27N3O/c1-16(2)14(18)13-10-15-8-9-17(13)11-12-6-4-3-5-7-12/h12-13,15H,3-11H2,1-2H3. The molecule has 0 bridgehead atoms. The Morgan fingerprint density at radius 2 is 2.00 bits per heavy atom. The number of nitrogens with one attached hydrogen (secondary N) is 1. The van der Waals surface area contributed by atoms with E-state index in [9.17, 15) is 4.79 Å². The lowest BCUT2D eigenvalue weighted by Gasteiger charge is -2.39. The van der Waals surface area contributed by atoms with Gasteiger partial charge in [-0.15, -0.1) is 0 Å². The number of likely N-dealkylation sites (N-methyl/N-ethyl adjacent to an activating group) is 1. The van der Waals surface area contributed by atoms with Gasteiger partial charge in [-0.05, 0) is 18.8 Å². The van der Waals surface area contributed by atoms with Gasteiger partial charge in [-0.1, -0.05) is 19.3 Å². The topological polar surface area (TPSA) is 35.6 Å². The molecule has 0 spiro atoms. The fourth-order valence-corrected chi connectivity index (χ4v) is 3.21. The summed E-state index contributed by atoms with van der Waals surface area (Å²) >= 11 is 0. The molecular weight excluding hydrogens is 226 g/mol. The summed E-state index contributed by atoms with van der Waals surface area (Å²) in [7, 11) is 3.71. The number of amides is 1. The van der Waals surface area contributed by atoms with Crippen molar-refractivity contribution in [2.24, 2.45) is 5.92 Å². The SMILES string of the molecule is CN(C)C(=O)C1CNCCN1CC1CCCCC1. The number of rotatable bonds is 3. The Morgan fingerprint density at radius 3 is 2.67 bits per heavy atom. The third kappa shape index (κ3) is 3.45. The second-order valence-electron chi connectivity index (χ2n) is 5.95. The first-order valence-electron chi connectivity index (χ1n) is 7.34. The zero-order valence-corrected chi connectivity index (χ0v) is 11.8. The minimum Gasteiger partial charge on any atom is -0.347 e. The molecule has 1 saturated heterocycles. The second-order valence-corrected chi connectivity index (χ2v) is 5.95. The molecule has 0 aromatic rings. The Hall–Kier alpha value is -0.610. The zero-order valence-electron chi connectivity index (χ0n) is 11.8. The number of hydrogen-bond donors (Lipinski definition) is 1. The summed E-state index contributed by atoms with van der Waals surface area (Å²) in [5, 5.41) is 3.35. The summed E-state index contributed by atoms with van der Waals surface area (Å²) in [6.07, 6.45) is 6.86. The highest BCUT2D eigenvalue weighted by atomic mass is 16.2. The summed E-state index contributed by atoms with van der Waals surface area (Å²) < 4.78 is 0. The Labute approximate surface area is 111 Å². The smallest absolute Gasteiger partial charge is 0.240 e. The van der Waals surface area contributed by atoms with Gasteiger partial charge in [0.25, 0.3) is 0 Å². The van der Waals surface area contributed by atoms with Gasteiger partial charge in [-0.2, -0.15) is 0 Å². The minimum absolute atomic E-state index is 0.0516. The molecule has 2 fully saturated rings. The van der Waals surface area contributed by atoms with Crippen molar-refractivity contribution >= 4 is 5.91 Å². The van der Waals surface area contributed by atoms with Crippen molar-refractivity contribution in [1.29, 1.82) is 0 Å². The van der Waals surface area contributed by atoms with Crippen molar-refractivity contribution in [2.45, 2.75) is 38.1 Å². The predicted molar refractivity (Wildman–Crippen MR) is 73.5 cm³/mol. The van der Waals surface area contributed by atoms with E-state index in [0.29, 0.717) is 0 Å². The van der Waals surface area contributed by atoms with Crippen molar-refractivity contribution < 1.29 is 4.79 Å². The quantitative estimate of drug-likeness (QED) is 0.813. The molecule has 2 aliphatic rings. The highest BCUT2D eigenvalue weighted by Crippen LogP contribution is 2.25. The fourth-order valence-electron chi connectivity index (χ4n) is 3.21. The molecule has 4 nitrogen and oxygen atoms in total. The van der Waals surface area contributed by atoms with Crippen LogP contribution in [0.5, 0.6) is 0 Å². The number of nitrogens with zero attached hydrogens (tertiary/aromatic N) is 2. The van der Waals surface area contributed by atoms with Gasteiger partial charge in [0.15, 0.2) is 0 Å². The lowest BCUT2D eigenvalue weighted by molar-refractivity contribution is -0.135.